The average Bonchev–Trinajstić information content (AvgIpc) is 2.81. The van der Waals surface area contributed by atoms with Gasteiger partial charge in [0, 0.05) is 17.5 Å². The molecule has 0 saturated heterocycles. The summed E-state index contributed by atoms with van der Waals surface area (Å²) in [5, 5.41) is 5.98. The normalized spacial score (nSPS) is 19.5. The van der Waals surface area contributed by atoms with Gasteiger partial charge in [-0.15, -0.1) is 0 Å². The molecule has 1 heterocycles. The summed E-state index contributed by atoms with van der Waals surface area (Å²) in [6, 6.07) is 17.1. The van der Waals surface area contributed by atoms with Crippen molar-refractivity contribution in [2.24, 2.45) is 0 Å². The average molecular weight is 322 g/mol. The van der Waals surface area contributed by atoms with Crippen LogP contribution in [0.25, 0.3) is 0 Å². The van der Waals surface area contributed by atoms with Gasteiger partial charge in [-0.1, -0.05) is 48.5 Å². The van der Waals surface area contributed by atoms with Crippen molar-refractivity contribution < 1.29 is 9.59 Å². The van der Waals surface area contributed by atoms with Crippen molar-refractivity contribution in [3.63, 3.8) is 0 Å². The molecule has 1 atom stereocenters. The highest BCUT2D eigenvalue weighted by Crippen LogP contribution is 2.35. The van der Waals surface area contributed by atoms with Crippen molar-refractivity contribution in [3.05, 3.63) is 71.3 Å². The van der Waals surface area contributed by atoms with Crippen molar-refractivity contribution in [1.82, 2.24) is 10.6 Å². The van der Waals surface area contributed by atoms with Gasteiger partial charge in [0.25, 0.3) is 11.8 Å². The van der Waals surface area contributed by atoms with Crippen LogP contribution in [0, 0.1) is 0 Å². The van der Waals surface area contributed by atoms with Crippen LogP contribution in [0.1, 0.15) is 42.3 Å². The van der Waals surface area contributed by atoms with Crippen LogP contribution in [-0.4, -0.2) is 17.4 Å². The van der Waals surface area contributed by atoms with E-state index in [2.05, 4.69) is 10.6 Å². The Morgan fingerprint density at radius 1 is 1.04 bits per heavy atom. The number of rotatable bonds is 3. The second-order valence-electron chi connectivity index (χ2n) is 7.27. The molecule has 0 radical (unpaired) electrons. The van der Waals surface area contributed by atoms with Crippen LogP contribution in [-0.2, 0) is 16.8 Å². The summed E-state index contributed by atoms with van der Waals surface area (Å²) >= 11 is 0. The molecule has 24 heavy (non-hydrogen) atoms. The third-order valence-electron chi connectivity index (χ3n) is 4.15. The Bertz CT molecular complexity index is 778. The minimum atomic E-state index is -1.08. The lowest BCUT2D eigenvalue weighted by Gasteiger charge is -2.33. The van der Waals surface area contributed by atoms with Crippen molar-refractivity contribution in [2.75, 3.05) is 0 Å². The zero-order valence-corrected chi connectivity index (χ0v) is 14.2. The van der Waals surface area contributed by atoms with Crippen LogP contribution in [0.2, 0.25) is 0 Å². The number of hydrogen-bond acceptors (Lipinski definition) is 2. The molecule has 0 saturated carbocycles. The van der Waals surface area contributed by atoms with Crippen LogP contribution in [0.3, 0.4) is 0 Å². The van der Waals surface area contributed by atoms with Crippen LogP contribution in [0.5, 0.6) is 0 Å². The van der Waals surface area contributed by atoms with Gasteiger partial charge < -0.3 is 10.6 Å². The first kappa shape index (κ1) is 16.2. The topological polar surface area (TPSA) is 58.2 Å². The van der Waals surface area contributed by atoms with E-state index in [4.69, 9.17) is 0 Å². The van der Waals surface area contributed by atoms with E-state index in [9.17, 15) is 9.59 Å². The lowest BCUT2D eigenvalue weighted by Crippen LogP contribution is -2.57. The molecule has 4 heteroatoms. The number of fused-ring (bicyclic) bond motifs is 1. The Kier molecular flexibility index (Phi) is 3.91. The number of nitrogens with one attached hydrogen (secondary N) is 2. The molecule has 2 aromatic carbocycles. The first-order valence-corrected chi connectivity index (χ1v) is 8.10. The van der Waals surface area contributed by atoms with E-state index in [0.29, 0.717) is 12.0 Å². The molecule has 1 aliphatic heterocycles. The molecule has 2 amide bonds. The quantitative estimate of drug-likeness (QED) is 0.913. The Morgan fingerprint density at radius 3 is 2.33 bits per heavy atom. The van der Waals surface area contributed by atoms with Crippen LogP contribution >= 0.6 is 0 Å². The van der Waals surface area contributed by atoms with Crippen LogP contribution < -0.4 is 10.6 Å². The minimum Gasteiger partial charge on any atom is -0.349 e. The summed E-state index contributed by atoms with van der Waals surface area (Å²) < 4.78 is 0. The van der Waals surface area contributed by atoms with Crippen molar-refractivity contribution >= 4 is 11.8 Å². The van der Waals surface area contributed by atoms with E-state index in [1.54, 1.807) is 6.07 Å². The second kappa shape index (κ2) is 5.78. The molecule has 0 fully saturated rings. The highest BCUT2D eigenvalue weighted by atomic mass is 16.2. The van der Waals surface area contributed by atoms with Gasteiger partial charge in [-0.05, 0) is 38.0 Å². The van der Waals surface area contributed by atoms with E-state index in [1.165, 1.54) is 0 Å². The van der Waals surface area contributed by atoms with Gasteiger partial charge in [0.15, 0.2) is 0 Å². The van der Waals surface area contributed by atoms with E-state index in [1.807, 2.05) is 69.3 Å². The van der Waals surface area contributed by atoms with E-state index in [0.717, 1.165) is 11.1 Å². The minimum absolute atomic E-state index is 0.183. The van der Waals surface area contributed by atoms with Crippen molar-refractivity contribution in [3.8, 4) is 0 Å². The zero-order chi connectivity index (χ0) is 17.4. The van der Waals surface area contributed by atoms with E-state index in [-0.39, 0.29) is 17.4 Å². The number of carbonyl (C=O) groups excluding carboxylic acids is 2. The summed E-state index contributed by atoms with van der Waals surface area (Å²) in [5.41, 5.74) is 0.836. The molecule has 2 aromatic rings. The number of amides is 2. The predicted octanol–water partition coefficient (Wildman–Crippen LogP) is 2.78. The second-order valence-corrected chi connectivity index (χ2v) is 7.27. The predicted molar refractivity (Wildman–Crippen MR) is 93.6 cm³/mol. The zero-order valence-electron chi connectivity index (χ0n) is 14.2. The SMILES string of the molecule is CC(C)(C)NC(=O)C1(Cc2ccccc2)NC(=O)c2ccccc21. The molecule has 4 nitrogen and oxygen atoms in total. The Hall–Kier alpha value is -2.62. The van der Waals surface area contributed by atoms with Gasteiger partial charge in [-0.3, -0.25) is 9.59 Å². The smallest absolute Gasteiger partial charge is 0.252 e. The maximum Gasteiger partial charge on any atom is 0.252 e. The highest BCUT2D eigenvalue weighted by molar-refractivity contribution is 6.07. The van der Waals surface area contributed by atoms with Gasteiger partial charge >= 0.3 is 0 Å². The first-order valence-electron chi connectivity index (χ1n) is 8.10. The fourth-order valence-corrected chi connectivity index (χ4v) is 3.13. The van der Waals surface area contributed by atoms with Gasteiger partial charge in [0.05, 0.1) is 0 Å². The number of carbonyl (C=O) groups is 2. The number of hydrogen-bond donors (Lipinski definition) is 2. The summed E-state index contributed by atoms with van der Waals surface area (Å²) in [7, 11) is 0. The molecule has 0 spiro atoms. The molecular formula is C20H22N2O2. The Labute approximate surface area is 142 Å². The molecule has 124 valence electrons. The summed E-state index contributed by atoms with van der Waals surface area (Å²) in [4.78, 5) is 25.6. The Balaban J connectivity index is 2.09. The van der Waals surface area contributed by atoms with Gasteiger partial charge in [-0.25, -0.2) is 0 Å². The molecule has 1 aliphatic rings. The fourth-order valence-electron chi connectivity index (χ4n) is 3.13. The fraction of sp³-hybridized carbons (Fsp3) is 0.300. The summed E-state index contributed by atoms with van der Waals surface area (Å²) in [6.07, 6.45) is 0.415. The molecule has 0 aliphatic carbocycles. The van der Waals surface area contributed by atoms with Crippen LogP contribution in [0.4, 0.5) is 0 Å². The van der Waals surface area contributed by atoms with Gasteiger partial charge in [0.2, 0.25) is 0 Å². The van der Waals surface area contributed by atoms with E-state index < -0.39 is 5.54 Å². The van der Waals surface area contributed by atoms with Gasteiger partial charge in [0.1, 0.15) is 5.54 Å². The standard InChI is InChI=1S/C20H22N2O2/c1-19(2,3)22-18(24)20(13-14-9-5-4-6-10-14)16-12-8-7-11-15(16)17(23)21-20/h4-12H,13H2,1-3H3,(H,21,23)(H,22,24). The third kappa shape index (κ3) is 2.92. The molecule has 1 unspecified atom stereocenters. The molecule has 2 N–H and O–H groups in total. The lowest BCUT2D eigenvalue weighted by molar-refractivity contribution is -0.129. The first-order chi connectivity index (χ1) is 11.3. The molecule has 0 aromatic heterocycles. The Morgan fingerprint density at radius 2 is 1.67 bits per heavy atom. The highest BCUT2D eigenvalue weighted by Gasteiger charge is 2.49. The van der Waals surface area contributed by atoms with Crippen molar-refractivity contribution in [1.29, 1.82) is 0 Å². The largest absolute Gasteiger partial charge is 0.349 e. The maximum absolute atomic E-state index is 13.2. The molecule has 0 bridgehead atoms. The summed E-state index contributed by atoms with van der Waals surface area (Å²) in [5.74, 6) is -0.386. The summed E-state index contributed by atoms with van der Waals surface area (Å²) in [6.45, 7) is 5.80. The number of benzene rings is 2. The van der Waals surface area contributed by atoms with E-state index >= 15 is 0 Å². The monoisotopic (exact) mass is 322 g/mol. The third-order valence-corrected chi connectivity index (χ3v) is 4.15. The lowest BCUT2D eigenvalue weighted by atomic mass is 9.83. The molecule has 3 rings (SSSR count). The maximum atomic E-state index is 13.2. The molecular weight excluding hydrogens is 300 g/mol. The van der Waals surface area contributed by atoms with Crippen LogP contribution in [0.15, 0.2) is 54.6 Å². The van der Waals surface area contributed by atoms with Gasteiger partial charge in [-0.2, -0.15) is 0 Å². The van der Waals surface area contributed by atoms with Crippen molar-refractivity contribution in [2.45, 2.75) is 38.3 Å².